The van der Waals surface area contributed by atoms with Crippen LogP contribution in [-0.2, 0) is 0 Å². The van der Waals surface area contributed by atoms with Crippen LogP contribution >= 0.6 is 15.9 Å². The maximum absolute atomic E-state index is 13.3. The number of aliphatic hydroxyl groups is 1. The third-order valence-electron chi connectivity index (χ3n) is 2.57. The minimum atomic E-state index is -0.678. The second-order valence-corrected chi connectivity index (χ2v) is 4.66. The van der Waals surface area contributed by atoms with Crippen LogP contribution in [0.3, 0.4) is 0 Å². The molecule has 0 aliphatic rings. The summed E-state index contributed by atoms with van der Waals surface area (Å²) >= 11 is 2.99. The van der Waals surface area contributed by atoms with Crippen molar-refractivity contribution >= 4 is 27.3 Å². The number of halogens is 2. The molecule has 5 nitrogen and oxygen atoms in total. The average Bonchev–Trinajstić information content (AvgIpc) is 2.32. The molecule has 1 aromatic carbocycles. The van der Waals surface area contributed by atoms with Crippen LogP contribution in [0.5, 0.6) is 0 Å². The lowest BCUT2D eigenvalue weighted by Gasteiger charge is -2.17. The number of aliphatic hydroxyl groups excluding tert-OH is 1. The normalized spacial score (nSPS) is 12.2. The van der Waals surface area contributed by atoms with Gasteiger partial charge in [0.2, 0.25) is 0 Å². The Labute approximate surface area is 112 Å². The summed E-state index contributed by atoms with van der Waals surface area (Å²) in [5.41, 5.74) is -0.0688. The van der Waals surface area contributed by atoms with E-state index < -0.39 is 10.7 Å². The molecule has 0 spiro atoms. The average molecular weight is 321 g/mol. The van der Waals surface area contributed by atoms with Crippen molar-refractivity contribution < 1.29 is 14.4 Å². The zero-order chi connectivity index (χ0) is 13.7. The number of nitro benzene ring substituents is 1. The van der Waals surface area contributed by atoms with Crippen LogP contribution < -0.4 is 5.32 Å². The van der Waals surface area contributed by atoms with Gasteiger partial charge in [-0.2, -0.15) is 0 Å². The van der Waals surface area contributed by atoms with E-state index >= 15 is 0 Å². The lowest BCUT2D eigenvalue weighted by molar-refractivity contribution is -0.384. The van der Waals surface area contributed by atoms with Crippen LogP contribution in [0.25, 0.3) is 0 Å². The molecule has 0 aliphatic heterocycles. The van der Waals surface area contributed by atoms with Crippen LogP contribution in [0.15, 0.2) is 16.6 Å². The van der Waals surface area contributed by atoms with Crippen molar-refractivity contribution in [2.24, 2.45) is 0 Å². The van der Waals surface area contributed by atoms with Crippen LogP contribution in [0.1, 0.15) is 19.8 Å². The first-order valence-corrected chi connectivity index (χ1v) is 6.29. The highest BCUT2D eigenvalue weighted by molar-refractivity contribution is 9.10. The molecule has 2 N–H and O–H groups in total. The van der Waals surface area contributed by atoms with Gasteiger partial charge in [0, 0.05) is 12.6 Å². The molecule has 100 valence electrons. The maximum atomic E-state index is 13.3. The molecule has 18 heavy (non-hydrogen) atoms. The smallest absolute Gasteiger partial charge is 0.295 e. The van der Waals surface area contributed by atoms with E-state index in [1.807, 2.05) is 6.92 Å². The van der Waals surface area contributed by atoms with Crippen molar-refractivity contribution in [1.29, 1.82) is 0 Å². The molecule has 1 aromatic rings. The monoisotopic (exact) mass is 320 g/mol. The molecule has 0 aromatic heterocycles. The van der Waals surface area contributed by atoms with Gasteiger partial charge in [-0.3, -0.25) is 10.1 Å². The Balaban J connectivity index is 3.06. The molecule has 7 heteroatoms. The lowest BCUT2D eigenvalue weighted by atomic mass is 10.1. The molecule has 0 saturated heterocycles. The summed E-state index contributed by atoms with van der Waals surface area (Å²) in [6.07, 6.45) is 1.18. The third kappa shape index (κ3) is 3.64. The predicted octanol–water partition coefficient (Wildman–Crippen LogP) is 3.07. The molecule has 0 fully saturated rings. The largest absolute Gasteiger partial charge is 0.396 e. The van der Waals surface area contributed by atoms with E-state index in [0.717, 1.165) is 6.07 Å². The minimum absolute atomic E-state index is 0.0122. The van der Waals surface area contributed by atoms with Gasteiger partial charge in [-0.05, 0) is 34.8 Å². The van der Waals surface area contributed by atoms with E-state index in [2.05, 4.69) is 21.2 Å². The number of nitrogens with zero attached hydrogens (tertiary/aromatic N) is 1. The van der Waals surface area contributed by atoms with E-state index in [0.29, 0.717) is 12.8 Å². The highest BCUT2D eigenvalue weighted by atomic mass is 79.9. The minimum Gasteiger partial charge on any atom is -0.396 e. The molecule has 0 radical (unpaired) electrons. The summed E-state index contributed by atoms with van der Waals surface area (Å²) in [4.78, 5) is 10.2. The quantitative estimate of drug-likeness (QED) is 0.624. The first-order valence-electron chi connectivity index (χ1n) is 5.50. The van der Waals surface area contributed by atoms with Gasteiger partial charge < -0.3 is 10.4 Å². The number of anilines is 1. The Morgan fingerprint density at radius 1 is 1.61 bits per heavy atom. The van der Waals surface area contributed by atoms with Crippen molar-refractivity contribution in [1.82, 2.24) is 0 Å². The van der Waals surface area contributed by atoms with Gasteiger partial charge in [-0.15, -0.1) is 0 Å². The van der Waals surface area contributed by atoms with Crippen molar-refractivity contribution in [3.05, 3.63) is 32.5 Å². The number of rotatable bonds is 6. The molecule has 1 atom stereocenters. The number of nitro groups is 1. The summed E-state index contributed by atoms with van der Waals surface area (Å²) in [6, 6.07) is 2.12. The third-order valence-corrected chi connectivity index (χ3v) is 3.17. The van der Waals surface area contributed by atoms with E-state index in [1.165, 1.54) is 6.07 Å². The first-order chi connectivity index (χ1) is 8.49. The fraction of sp³-hybridized carbons (Fsp3) is 0.455. The van der Waals surface area contributed by atoms with Gasteiger partial charge in [0.05, 0.1) is 15.5 Å². The topological polar surface area (TPSA) is 75.4 Å². The molecule has 0 amide bonds. The second-order valence-electron chi connectivity index (χ2n) is 3.80. The van der Waals surface area contributed by atoms with Crippen molar-refractivity contribution in [2.75, 3.05) is 11.9 Å². The highest BCUT2D eigenvalue weighted by Crippen LogP contribution is 2.31. The Hall–Kier alpha value is -1.21. The first kappa shape index (κ1) is 14.8. The Kier molecular flexibility index (Phi) is 5.49. The molecule has 0 heterocycles. The fourth-order valence-corrected chi connectivity index (χ4v) is 1.90. The van der Waals surface area contributed by atoms with Crippen LogP contribution in [0.2, 0.25) is 0 Å². The van der Waals surface area contributed by atoms with Gasteiger partial charge in [-0.1, -0.05) is 6.92 Å². The van der Waals surface area contributed by atoms with E-state index in [4.69, 9.17) is 5.11 Å². The van der Waals surface area contributed by atoms with Crippen molar-refractivity contribution in [2.45, 2.75) is 25.8 Å². The zero-order valence-electron chi connectivity index (χ0n) is 9.82. The molecule has 1 unspecified atom stereocenters. The SMILES string of the molecule is CCC(CCO)Nc1cc(Br)c(F)cc1[N+](=O)[O-]. The van der Waals surface area contributed by atoms with Crippen molar-refractivity contribution in [3.63, 3.8) is 0 Å². The number of hydrogen-bond donors (Lipinski definition) is 2. The molecular weight excluding hydrogens is 307 g/mol. The van der Waals surface area contributed by atoms with Gasteiger partial charge in [0.1, 0.15) is 11.5 Å². The molecule has 0 saturated carbocycles. The molecule has 0 aliphatic carbocycles. The summed E-state index contributed by atoms with van der Waals surface area (Å²) < 4.78 is 13.4. The number of benzene rings is 1. The van der Waals surface area contributed by atoms with Gasteiger partial charge >= 0.3 is 0 Å². The Bertz CT molecular complexity index is 443. The van der Waals surface area contributed by atoms with Crippen LogP contribution in [-0.4, -0.2) is 22.7 Å². The fourth-order valence-electron chi connectivity index (χ4n) is 1.56. The highest BCUT2D eigenvalue weighted by Gasteiger charge is 2.19. The summed E-state index contributed by atoms with van der Waals surface area (Å²) in [5.74, 6) is -0.678. The van der Waals surface area contributed by atoms with Crippen LogP contribution in [0, 0.1) is 15.9 Å². The zero-order valence-corrected chi connectivity index (χ0v) is 11.4. The van der Waals surface area contributed by atoms with Gasteiger partial charge in [-0.25, -0.2) is 4.39 Å². The molecule has 1 rings (SSSR count). The van der Waals surface area contributed by atoms with E-state index in [9.17, 15) is 14.5 Å². The second kappa shape index (κ2) is 6.65. The molecule has 0 bridgehead atoms. The summed E-state index contributed by atoms with van der Waals surface area (Å²) in [7, 11) is 0. The van der Waals surface area contributed by atoms with Gasteiger partial charge in [0.25, 0.3) is 5.69 Å². The standard InChI is InChI=1S/C11H14BrFN2O3/c1-2-7(3-4-16)14-10-5-8(12)9(13)6-11(10)15(17)18/h5-7,14,16H,2-4H2,1H3. The maximum Gasteiger partial charge on any atom is 0.295 e. The van der Waals surface area contributed by atoms with E-state index in [1.54, 1.807) is 0 Å². The Morgan fingerprint density at radius 3 is 2.78 bits per heavy atom. The summed E-state index contributed by atoms with van der Waals surface area (Å²) in [6.45, 7) is 1.89. The molecular formula is C11H14BrFN2O3. The predicted molar refractivity (Wildman–Crippen MR) is 70.2 cm³/mol. The van der Waals surface area contributed by atoms with E-state index in [-0.39, 0.29) is 28.5 Å². The Morgan fingerprint density at radius 2 is 2.28 bits per heavy atom. The lowest BCUT2D eigenvalue weighted by Crippen LogP contribution is -2.20. The number of hydrogen-bond acceptors (Lipinski definition) is 4. The van der Waals surface area contributed by atoms with Crippen molar-refractivity contribution in [3.8, 4) is 0 Å². The summed E-state index contributed by atoms with van der Waals surface area (Å²) in [5, 5.41) is 22.7. The van der Waals surface area contributed by atoms with Crippen LogP contribution in [0.4, 0.5) is 15.8 Å². The van der Waals surface area contributed by atoms with Gasteiger partial charge in [0.15, 0.2) is 0 Å². The number of nitrogens with one attached hydrogen (secondary N) is 1.